The lowest BCUT2D eigenvalue weighted by molar-refractivity contribution is 0.156. The summed E-state index contributed by atoms with van der Waals surface area (Å²) in [6.45, 7) is 0.413. The van der Waals surface area contributed by atoms with Crippen molar-refractivity contribution in [2.45, 2.75) is 6.42 Å². The predicted octanol–water partition coefficient (Wildman–Crippen LogP) is 3.15. The number of amides is 1. The van der Waals surface area contributed by atoms with Gasteiger partial charge in [0, 0.05) is 23.6 Å². The zero-order chi connectivity index (χ0) is 11.4. The van der Waals surface area contributed by atoms with Gasteiger partial charge in [-0.25, -0.2) is 4.79 Å². The van der Waals surface area contributed by atoms with Gasteiger partial charge in [-0.15, -0.1) is 0 Å². The second kappa shape index (κ2) is 5.24. The van der Waals surface area contributed by atoms with Gasteiger partial charge in [0.15, 0.2) is 0 Å². The number of carboxylic acid groups (broad SMARTS) is 1. The average molecular weight is 248 g/mol. The molecule has 0 aromatic heterocycles. The summed E-state index contributed by atoms with van der Waals surface area (Å²) in [6.07, 6.45) is -0.362. The molecule has 5 heteroatoms. The minimum Gasteiger partial charge on any atom is -0.465 e. The highest BCUT2D eigenvalue weighted by Gasteiger charge is 2.07. The van der Waals surface area contributed by atoms with Gasteiger partial charge in [-0.1, -0.05) is 29.3 Å². The average Bonchev–Trinajstić information content (AvgIpc) is 2.15. The predicted molar refractivity (Wildman–Crippen MR) is 60.8 cm³/mol. The van der Waals surface area contributed by atoms with Crippen molar-refractivity contribution in [1.29, 1.82) is 0 Å². The van der Waals surface area contributed by atoms with Crippen LogP contribution in [-0.2, 0) is 6.42 Å². The van der Waals surface area contributed by atoms with Gasteiger partial charge >= 0.3 is 6.09 Å². The first-order valence-corrected chi connectivity index (χ1v) is 5.14. The molecule has 0 aliphatic heterocycles. The van der Waals surface area contributed by atoms with Gasteiger partial charge in [0.1, 0.15) is 0 Å². The van der Waals surface area contributed by atoms with Crippen LogP contribution in [0.4, 0.5) is 4.79 Å². The lowest BCUT2D eigenvalue weighted by Crippen LogP contribution is -2.26. The number of likely N-dealkylation sites (N-methyl/N-ethyl adjacent to an activating group) is 1. The van der Waals surface area contributed by atoms with E-state index in [9.17, 15) is 4.79 Å². The first-order chi connectivity index (χ1) is 7.00. The van der Waals surface area contributed by atoms with Gasteiger partial charge < -0.3 is 10.0 Å². The van der Waals surface area contributed by atoms with E-state index < -0.39 is 6.09 Å². The quantitative estimate of drug-likeness (QED) is 0.892. The number of hydrogen-bond acceptors (Lipinski definition) is 1. The molecule has 0 spiro atoms. The van der Waals surface area contributed by atoms with E-state index in [2.05, 4.69) is 0 Å². The summed E-state index contributed by atoms with van der Waals surface area (Å²) in [5, 5.41) is 9.79. The van der Waals surface area contributed by atoms with Crippen LogP contribution in [0.3, 0.4) is 0 Å². The zero-order valence-corrected chi connectivity index (χ0v) is 9.72. The molecule has 0 radical (unpaired) electrons. The van der Waals surface area contributed by atoms with E-state index in [1.165, 1.54) is 11.9 Å². The van der Waals surface area contributed by atoms with Crippen molar-refractivity contribution in [1.82, 2.24) is 4.90 Å². The van der Waals surface area contributed by atoms with Crippen LogP contribution in [0.2, 0.25) is 10.0 Å². The summed E-state index contributed by atoms with van der Waals surface area (Å²) in [4.78, 5) is 11.7. The Hall–Kier alpha value is -0.930. The van der Waals surface area contributed by atoms with Gasteiger partial charge in [-0.2, -0.15) is 0 Å². The van der Waals surface area contributed by atoms with Crippen LogP contribution >= 0.6 is 23.2 Å². The number of halogens is 2. The van der Waals surface area contributed by atoms with Gasteiger partial charge in [-0.3, -0.25) is 0 Å². The summed E-state index contributed by atoms with van der Waals surface area (Å²) in [6, 6.07) is 5.20. The van der Waals surface area contributed by atoms with Gasteiger partial charge in [0.2, 0.25) is 0 Å². The van der Waals surface area contributed by atoms with Crippen LogP contribution in [-0.4, -0.2) is 29.7 Å². The largest absolute Gasteiger partial charge is 0.465 e. The number of hydrogen-bond donors (Lipinski definition) is 1. The lowest BCUT2D eigenvalue weighted by atomic mass is 10.1. The molecule has 0 aliphatic carbocycles. The molecule has 1 N–H and O–H groups in total. The maximum Gasteiger partial charge on any atom is 0.407 e. The molecule has 0 saturated heterocycles. The van der Waals surface area contributed by atoms with Crippen LogP contribution in [0.25, 0.3) is 0 Å². The van der Waals surface area contributed by atoms with Crippen LogP contribution in [0, 0.1) is 0 Å². The molecular weight excluding hydrogens is 237 g/mol. The molecule has 82 valence electrons. The molecule has 0 bridgehead atoms. The van der Waals surface area contributed by atoms with Crippen molar-refractivity contribution in [3.8, 4) is 0 Å². The van der Waals surface area contributed by atoms with E-state index in [-0.39, 0.29) is 0 Å². The Morgan fingerprint density at radius 2 is 2.13 bits per heavy atom. The van der Waals surface area contributed by atoms with Crippen molar-refractivity contribution in [2.24, 2.45) is 0 Å². The van der Waals surface area contributed by atoms with E-state index in [0.717, 1.165) is 5.56 Å². The third kappa shape index (κ3) is 3.61. The minimum absolute atomic E-state index is 0.413. The molecule has 1 rings (SSSR count). The Morgan fingerprint density at radius 1 is 1.47 bits per heavy atom. The molecule has 0 saturated carbocycles. The Balaban J connectivity index is 2.62. The molecule has 3 nitrogen and oxygen atoms in total. The van der Waals surface area contributed by atoms with E-state index in [0.29, 0.717) is 23.0 Å². The maximum absolute atomic E-state index is 10.5. The molecule has 0 aliphatic rings. The number of benzene rings is 1. The number of rotatable bonds is 3. The zero-order valence-electron chi connectivity index (χ0n) is 8.20. The van der Waals surface area contributed by atoms with Gasteiger partial charge in [0.25, 0.3) is 0 Å². The summed E-state index contributed by atoms with van der Waals surface area (Å²) in [5.41, 5.74) is 0.897. The molecule has 0 heterocycles. The summed E-state index contributed by atoms with van der Waals surface area (Å²) < 4.78 is 0. The van der Waals surface area contributed by atoms with Crippen LogP contribution < -0.4 is 0 Å². The highest BCUT2D eigenvalue weighted by atomic mass is 35.5. The highest BCUT2D eigenvalue weighted by Crippen LogP contribution is 2.21. The van der Waals surface area contributed by atoms with Crippen molar-refractivity contribution in [3.05, 3.63) is 33.8 Å². The van der Waals surface area contributed by atoms with Crippen molar-refractivity contribution < 1.29 is 9.90 Å². The van der Waals surface area contributed by atoms with Crippen molar-refractivity contribution in [3.63, 3.8) is 0 Å². The Kier molecular flexibility index (Phi) is 4.24. The molecule has 15 heavy (non-hydrogen) atoms. The smallest absolute Gasteiger partial charge is 0.407 e. The monoisotopic (exact) mass is 247 g/mol. The number of nitrogens with zero attached hydrogens (tertiary/aromatic N) is 1. The van der Waals surface area contributed by atoms with Crippen LogP contribution in [0.1, 0.15) is 5.56 Å². The third-order valence-electron chi connectivity index (χ3n) is 2.06. The fourth-order valence-electron chi connectivity index (χ4n) is 1.11. The SMILES string of the molecule is CN(CCc1ccc(Cl)cc1Cl)C(=O)O. The van der Waals surface area contributed by atoms with E-state index in [4.69, 9.17) is 28.3 Å². The van der Waals surface area contributed by atoms with Crippen molar-refractivity contribution in [2.75, 3.05) is 13.6 Å². The lowest BCUT2D eigenvalue weighted by Gasteiger charge is -2.13. The van der Waals surface area contributed by atoms with Crippen LogP contribution in [0.5, 0.6) is 0 Å². The van der Waals surface area contributed by atoms with E-state index in [1.54, 1.807) is 18.2 Å². The fourth-order valence-corrected chi connectivity index (χ4v) is 1.61. The maximum atomic E-state index is 10.5. The first-order valence-electron chi connectivity index (χ1n) is 4.38. The minimum atomic E-state index is -0.944. The molecule has 0 fully saturated rings. The topological polar surface area (TPSA) is 40.5 Å². The summed E-state index contributed by atoms with van der Waals surface area (Å²) in [7, 11) is 1.52. The normalized spacial score (nSPS) is 10.1. The van der Waals surface area contributed by atoms with Gasteiger partial charge in [-0.05, 0) is 24.1 Å². The third-order valence-corrected chi connectivity index (χ3v) is 2.65. The van der Waals surface area contributed by atoms with Crippen molar-refractivity contribution >= 4 is 29.3 Å². The fraction of sp³-hybridized carbons (Fsp3) is 0.300. The Bertz CT molecular complexity index is 368. The molecule has 0 atom stereocenters. The van der Waals surface area contributed by atoms with Gasteiger partial charge in [0.05, 0.1) is 0 Å². The molecule has 1 amide bonds. The number of carbonyl (C=O) groups is 1. The molecule has 1 aromatic rings. The Morgan fingerprint density at radius 3 is 2.67 bits per heavy atom. The molecular formula is C10H11Cl2NO2. The van der Waals surface area contributed by atoms with E-state index in [1.807, 2.05) is 0 Å². The summed E-state index contributed by atoms with van der Waals surface area (Å²) >= 11 is 11.7. The second-order valence-corrected chi connectivity index (χ2v) is 4.03. The summed E-state index contributed by atoms with van der Waals surface area (Å²) in [5.74, 6) is 0. The first kappa shape index (κ1) is 12.1. The molecule has 0 unspecified atom stereocenters. The highest BCUT2D eigenvalue weighted by molar-refractivity contribution is 6.35. The van der Waals surface area contributed by atoms with Crippen LogP contribution in [0.15, 0.2) is 18.2 Å². The Labute approximate surface area is 98.2 Å². The standard InChI is InChI=1S/C10H11Cl2NO2/c1-13(10(14)15)5-4-7-2-3-8(11)6-9(7)12/h2-3,6H,4-5H2,1H3,(H,14,15). The molecule has 1 aromatic carbocycles. The van der Waals surface area contributed by atoms with E-state index >= 15 is 0 Å². The second-order valence-electron chi connectivity index (χ2n) is 3.19.